The van der Waals surface area contributed by atoms with Crippen LogP contribution in [0, 0.1) is 5.82 Å². The summed E-state index contributed by atoms with van der Waals surface area (Å²) >= 11 is 0. The molecule has 10 heteroatoms. The van der Waals surface area contributed by atoms with Crippen molar-refractivity contribution in [1.29, 1.82) is 0 Å². The Kier molecular flexibility index (Phi) is 5.29. The van der Waals surface area contributed by atoms with Crippen molar-refractivity contribution in [3.63, 3.8) is 0 Å². The lowest BCUT2D eigenvalue weighted by Gasteiger charge is -2.33. The molecule has 0 unspecified atom stereocenters. The average molecular weight is 396 g/mol. The molecule has 0 N–H and O–H groups in total. The Labute approximate surface area is 154 Å². The maximum absolute atomic E-state index is 13.0. The highest BCUT2D eigenvalue weighted by atomic mass is 32.2. The Hall–Kier alpha value is -2.72. The van der Waals surface area contributed by atoms with Crippen molar-refractivity contribution >= 4 is 15.9 Å². The molecule has 0 saturated carbocycles. The first-order valence-electron chi connectivity index (χ1n) is 8.05. The third kappa shape index (κ3) is 3.86. The van der Waals surface area contributed by atoms with Gasteiger partial charge in [0.2, 0.25) is 21.2 Å². The summed E-state index contributed by atoms with van der Waals surface area (Å²) < 4.78 is 49.3. The summed E-state index contributed by atoms with van der Waals surface area (Å²) in [5.41, 5.74) is -0.482. The molecule has 0 aliphatic carbocycles. The molecule has 1 saturated heterocycles. The van der Waals surface area contributed by atoms with Crippen molar-refractivity contribution in [1.82, 2.24) is 9.21 Å². The highest BCUT2D eigenvalue weighted by Crippen LogP contribution is 2.19. The number of sulfonamides is 1. The minimum absolute atomic E-state index is 0.00942. The molecular formula is C17H17FN2O6S. The van der Waals surface area contributed by atoms with Crippen LogP contribution in [-0.2, 0) is 10.0 Å². The van der Waals surface area contributed by atoms with Crippen LogP contribution in [0.2, 0.25) is 0 Å². The van der Waals surface area contributed by atoms with Gasteiger partial charge in [0.1, 0.15) is 12.1 Å². The highest BCUT2D eigenvalue weighted by Gasteiger charge is 2.31. The molecule has 0 spiro atoms. The highest BCUT2D eigenvalue weighted by molar-refractivity contribution is 7.89. The third-order valence-electron chi connectivity index (χ3n) is 4.21. The molecule has 1 aliphatic rings. The van der Waals surface area contributed by atoms with Crippen LogP contribution in [0.25, 0.3) is 0 Å². The quantitative estimate of drug-likeness (QED) is 0.763. The average Bonchev–Trinajstić information content (AvgIpc) is 2.68. The van der Waals surface area contributed by atoms with Gasteiger partial charge in [-0.1, -0.05) is 0 Å². The summed E-state index contributed by atoms with van der Waals surface area (Å²) in [6.45, 7) is 0.418. The molecule has 0 radical (unpaired) electrons. The minimum atomic E-state index is -3.77. The maximum Gasteiger partial charge on any atom is 0.289 e. The normalized spacial score (nSPS) is 15.6. The zero-order valence-corrected chi connectivity index (χ0v) is 15.2. The zero-order chi connectivity index (χ0) is 19.6. The lowest BCUT2D eigenvalue weighted by Crippen LogP contribution is -2.50. The monoisotopic (exact) mass is 396 g/mol. The van der Waals surface area contributed by atoms with E-state index in [4.69, 9.17) is 9.15 Å². The van der Waals surface area contributed by atoms with Crippen LogP contribution in [0.4, 0.5) is 4.39 Å². The van der Waals surface area contributed by atoms with E-state index in [0.717, 1.165) is 24.5 Å². The van der Waals surface area contributed by atoms with E-state index in [2.05, 4.69) is 0 Å². The van der Waals surface area contributed by atoms with Crippen LogP contribution >= 0.6 is 0 Å². The van der Waals surface area contributed by atoms with E-state index >= 15 is 0 Å². The molecule has 1 aromatic carbocycles. The molecule has 0 atom stereocenters. The number of carbonyl (C=O) groups excluding carboxylic acids is 1. The Morgan fingerprint density at radius 1 is 1.15 bits per heavy atom. The van der Waals surface area contributed by atoms with Gasteiger partial charge in [-0.2, -0.15) is 4.31 Å². The van der Waals surface area contributed by atoms with E-state index in [9.17, 15) is 22.4 Å². The molecule has 144 valence electrons. The molecule has 0 bridgehead atoms. The summed E-state index contributed by atoms with van der Waals surface area (Å²) in [7, 11) is -2.46. The largest absolute Gasteiger partial charge is 0.490 e. The first-order valence-corrected chi connectivity index (χ1v) is 9.49. The summed E-state index contributed by atoms with van der Waals surface area (Å²) in [5.74, 6) is -1.18. The molecule has 1 aromatic heterocycles. The number of piperazine rings is 1. The van der Waals surface area contributed by atoms with Gasteiger partial charge in [0, 0.05) is 32.2 Å². The van der Waals surface area contributed by atoms with Crippen LogP contribution in [0.3, 0.4) is 0 Å². The summed E-state index contributed by atoms with van der Waals surface area (Å²) in [5, 5.41) is 0. The van der Waals surface area contributed by atoms with Gasteiger partial charge in [-0.05, 0) is 24.3 Å². The van der Waals surface area contributed by atoms with Gasteiger partial charge in [-0.15, -0.1) is 0 Å². The Morgan fingerprint density at radius 3 is 2.33 bits per heavy atom. The van der Waals surface area contributed by atoms with Gasteiger partial charge in [0.15, 0.2) is 5.76 Å². The fourth-order valence-electron chi connectivity index (χ4n) is 2.70. The number of rotatable bonds is 4. The third-order valence-corrected chi connectivity index (χ3v) is 6.12. The molecule has 27 heavy (non-hydrogen) atoms. The first kappa shape index (κ1) is 19.1. The van der Waals surface area contributed by atoms with Crippen molar-refractivity contribution in [2.24, 2.45) is 0 Å². The van der Waals surface area contributed by atoms with E-state index < -0.39 is 27.2 Å². The van der Waals surface area contributed by atoms with Crippen LogP contribution < -0.4 is 10.2 Å². The molecule has 3 rings (SSSR count). The topological polar surface area (TPSA) is 97.1 Å². The molecule has 1 fully saturated rings. The van der Waals surface area contributed by atoms with E-state index in [1.54, 1.807) is 0 Å². The number of hydrogen-bond donors (Lipinski definition) is 0. The number of nitrogens with zero attached hydrogens (tertiary/aromatic N) is 2. The number of halogens is 1. The van der Waals surface area contributed by atoms with Crippen molar-refractivity contribution in [3.05, 3.63) is 58.4 Å². The van der Waals surface area contributed by atoms with Gasteiger partial charge >= 0.3 is 0 Å². The summed E-state index contributed by atoms with van der Waals surface area (Å²) in [6, 6.07) is 5.61. The second-order valence-corrected chi connectivity index (χ2v) is 7.77. The first-order chi connectivity index (χ1) is 12.8. The van der Waals surface area contributed by atoms with E-state index in [1.165, 1.54) is 28.4 Å². The molecule has 2 heterocycles. The lowest BCUT2D eigenvalue weighted by atomic mass is 10.3. The van der Waals surface area contributed by atoms with Crippen LogP contribution in [0.1, 0.15) is 10.6 Å². The van der Waals surface area contributed by atoms with Gasteiger partial charge in [0.25, 0.3) is 5.91 Å². The van der Waals surface area contributed by atoms with Crippen molar-refractivity contribution in [2.45, 2.75) is 4.90 Å². The number of amides is 1. The van der Waals surface area contributed by atoms with Crippen molar-refractivity contribution in [3.8, 4) is 5.75 Å². The minimum Gasteiger partial charge on any atom is -0.490 e. The maximum atomic E-state index is 13.0. The fourth-order valence-corrected chi connectivity index (χ4v) is 4.13. The van der Waals surface area contributed by atoms with Gasteiger partial charge in [0.05, 0.1) is 12.0 Å². The lowest BCUT2D eigenvalue weighted by molar-refractivity contribution is 0.0662. The fraction of sp³-hybridized carbons (Fsp3) is 0.294. The van der Waals surface area contributed by atoms with E-state index in [1.807, 2.05) is 0 Å². The number of benzene rings is 1. The molecule has 1 amide bonds. The predicted octanol–water partition coefficient (Wildman–Crippen LogP) is 0.934. The van der Waals surface area contributed by atoms with Crippen LogP contribution in [-0.4, -0.2) is 56.8 Å². The van der Waals surface area contributed by atoms with Crippen molar-refractivity contribution < 1.29 is 26.8 Å². The van der Waals surface area contributed by atoms with Crippen LogP contribution in [0.5, 0.6) is 5.75 Å². The second kappa shape index (κ2) is 7.49. The SMILES string of the molecule is COc1coc(C(=O)N2CCN(S(=O)(=O)c3ccc(F)cc3)CC2)cc1=O. The Morgan fingerprint density at radius 2 is 1.78 bits per heavy atom. The smallest absolute Gasteiger partial charge is 0.289 e. The number of methoxy groups -OCH3 is 1. The standard InChI is InChI=1S/C17H17FN2O6S/c1-25-16-11-26-15(10-14(16)21)17(22)19-6-8-20(9-7-19)27(23,24)13-4-2-12(18)3-5-13/h2-5,10-11H,6-9H2,1H3. The molecule has 2 aromatic rings. The molecule has 8 nitrogen and oxygen atoms in total. The number of ether oxygens (including phenoxy) is 1. The number of hydrogen-bond acceptors (Lipinski definition) is 6. The Balaban J connectivity index is 1.69. The Bertz CT molecular complexity index is 995. The summed E-state index contributed by atoms with van der Waals surface area (Å²) in [4.78, 5) is 25.6. The van der Waals surface area contributed by atoms with E-state index in [0.29, 0.717) is 0 Å². The van der Waals surface area contributed by atoms with E-state index in [-0.39, 0.29) is 42.6 Å². The van der Waals surface area contributed by atoms with Gasteiger partial charge < -0.3 is 14.1 Å². The van der Waals surface area contributed by atoms with Gasteiger partial charge in [-0.25, -0.2) is 12.8 Å². The molecule has 1 aliphatic heterocycles. The van der Waals surface area contributed by atoms with Crippen LogP contribution in [0.15, 0.2) is 50.7 Å². The molecular weight excluding hydrogens is 379 g/mol. The van der Waals surface area contributed by atoms with Gasteiger partial charge in [-0.3, -0.25) is 9.59 Å². The zero-order valence-electron chi connectivity index (χ0n) is 14.4. The predicted molar refractivity (Wildman–Crippen MR) is 92.6 cm³/mol. The second-order valence-electron chi connectivity index (χ2n) is 5.83. The summed E-state index contributed by atoms with van der Waals surface area (Å²) in [6.07, 6.45) is 1.06. The van der Waals surface area contributed by atoms with Crippen molar-refractivity contribution in [2.75, 3.05) is 33.3 Å². The number of carbonyl (C=O) groups is 1.